The fourth-order valence-electron chi connectivity index (χ4n) is 3.43. The molecule has 1 amide bonds. The second-order valence-corrected chi connectivity index (χ2v) is 8.47. The molecule has 0 aromatic rings. The van der Waals surface area contributed by atoms with Crippen LogP contribution in [0.15, 0.2) is 0 Å². The van der Waals surface area contributed by atoms with Crippen molar-refractivity contribution in [1.82, 2.24) is 5.32 Å². The maximum absolute atomic E-state index is 11.6. The molecule has 0 saturated carbocycles. The zero-order valence-electron chi connectivity index (χ0n) is 17.5. The predicted octanol–water partition coefficient (Wildman–Crippen LogP) is -4.86. The van der Waals surface area contributed by atoms with Crippen LogP contribution in [0.3, 0.4) is 0 Å². The van der Waals surface area contributed by atoms with Crippen molar-refractivity contribution in [2.24, 2.45) is 0 Å². The molecule has 2 saturated heterocycles. The predicted molar refractivity (Wildman–Crippen MR) is 100 cm³/mol. The molecule has 2 fully saturated rings. The standard InChI is InChI=1S/C16H27NO15S/c1-5(19)17-9-11(22)10(21)7(3-18)31-16(9)32-13-8(4-28-33(25,26)27)30-15(24)14(12(13)23)29-6(2)20/h7-16,18,21-24H,3-4H2,1-2H3,(H,17,19)(H,25,26,27)/t7?,8?,9?,10-,11?,12?,13?,14?,15+,16-/m0/s1. The third-order valence-electron chi connectivity index (χ3n) is 4.86. The van der Waals surface area contributed by atoms with Crippen molar-refractivity contribution >= 4 is 22.3 Å². The Labute approximate surface area is 187 Å². The summed E-state index contributed by atoms with van der Waals surface area (Å²) in [4.78, 5) is 22.9. The van der Waals surface area contributed by atoms with Crippen LogP contribution in [0.1, 0.15) is 13.8 Å². The van der Waals surface area contributed by atoms with E-state index in [-0.39, 0.29) is 0 Å². The number of esters is 1. The number of nitrogens with one attached hydrogen (secondary N) is 1. The molecule has 2 heterocycles. The van der Waals surface area contributed by atoms with Gasteiger partial charge in [-0.1, -0.05) is 0 Å². The van der Waals surface area contributed by atoms with Gasteiger partial charge >= 0.3 is 16.4 Å². The van der Waals surface area contributed by atoms with Crippen LogP contribution in [-0.4, -0.2) is 125 Å². The van der Waals surface area contributed by atoms with Gasteiger partial charge in [0.1, 0.15) is 42.7 Å². The summed E-state index contributed by atoms with van der Waals surface area (Å²) in [5, 5.41) is 52.9. The number of amides is 1. The minimum absolute atomic E-state index is 0.675. The molecule has 0 aromatic carbocycles. The first-order valence-electron chi connectivity index (χ1n) is 9.60. The molecule has 17 heteroatoms. The minimum Gasteiger partial charge on any atom is -0.454 e. The van der Waals surface area contributed by atoms with Crippen LogP contribution in [0.25, 0.3) is 0 Å². The number of aliphatic hydroxyl groups excluding tert-OH is 5. The Kier molecular flexibility index (Phi) is 9.48. The molecule has 2 rings (SSSR count). The van der Waals surface area contributed by atoms with Gasteiger partial charge in [0.25, 0.3) is 0 Å². The van der Waals surface area contributed by atoms with Crippen LogP contribution < -0.4 is 5.32 Å². The molecule has 192 valence electrons. The maximum Gasteiger partial charge on any atom is 0.397 e. The summed E-state index contributed by atoms with van der Waals surface area (Å²) >= 11 is 0. The van der Waals surface area contributed by atoms with E-state index in [1.165, 1.54) is 0 Å². The number of ether oxygens (including phenoxy) is 4. The molecule has 7 unspecified atom stereocenters. The number of aliphatic hydroxyl groups is 5. The summed E-state index contributed by atoms with van der Waals surface area (Å²) in [6.45, 7) is 0.293. The van der Waals surface area contributed by atoms with E-state index in [0.717, 1.165) is 13.8 Å². The van der Waals surface area contributed by atoms with E-state index in [4.69, 9.17) is 23.5 Å². The highest BCUT2D eigenvalue weighted by Crippen LogP contribution is 2.30. The SMILES string of the molecule is CC(=O)NC1C(O)[C@@H](O)C(CO)O[C@H]1OC1C(COS(=O)(=O)O)O[C@@H](O)C(OC(C)=O)C1O. The molecule has 0 aromatic heterocycles. The lowest BCUT2D eigenvalue weighted by Crippen LogP contribution is -2.67. The van der Waals surface area contributed by atoms with Crippen molar-refractivity contribution < 1.29 is 71.2 Å². The molecule has 2 aliphatic heterocycles. The lowest BCUT2D eigenvalue weighted by molar-refractivity contribution is -0.341. The van der Waals surface area contributed by atoms with Crippen LogP contribution in [0.5, 0.6) is 0 Å². The van der Waals surface area contributed by atoms with Gasteiger partial charge in [0.15, 0.2) is 18.7 Å². The summed E-state index contributed by atoms with van der Waals surface area (Å²) in [6.07, 6.45) is -15.3. The lowest BCUT2D eigenvalue weighted by atomic mass is 9.95. The Morgan fingerprint density at radius 3 is 2.12 bits per heavy atom. The first-order chi connectivity index (χ1) is 15.2. The maximum atomic E-state index is 11.6. The number of hydrogen-bond acceptors (Lipinski definition) is 14. The zero-order valence-corrected chi connectivity index (χ0v) is 18.3. The van der Waals surface area contributed by atoms with Gasteiger partial charge in [-0.15, -0.1) is 0 Å². The summed E-state index contributed by atoms with van der Waals surface area (Å²) in [6, 6.07) is -1.45. The highest BCUT2D eigenvalue weighted by molar-refractivity contribution is 7.80. The summed E-state index contributed by atoms with van der Waals surface area (Å²) < 4.78 is 55.9. The Morgan fingerprint density at radius 2 is 1.61 bits per heavy atom. The smallest absolute Gasteiger partial charge is 0.397 e. The molecule has 16 nitrogen and oxygen atoms in total. The molecule has 0 bridgehead atoms. The van der Waals surface area contributed by atoms with Crippen LogP contribution in [0.2, 0.25) is 0 Å². The molecule has 0 spiro atoms. The van der Waals surface area contributed by atoms with E-state index in [1.54, 1.807) is 0 Å². The number of rotatable bonds is 8. The highest BCUT2D eigenvalue weighted by atomic mass is 32.3. The average molecular weight is 505 g/mol. The van der Waals surface area contributed by atoms with Gasteiger partial charge < -0.3 is 49.8 Å². The molecule has 7 N–H and O–H groups in total. The van der Waals surface area contributed by atoms with Gasteiger partial charge in [-0.2, -0.15) is 8.42 Å². The monoisotopic (exact) mass is 505 g/mol. The van der Waals surface area contributed by atoms with Crippen molar-refractivity contribution in [3.63, 3.8) is 0 Å². The summed E-state index contributed by atoms with van der Waals surface area (Å²) in [7, 11) is -4.98. The molecule has 10 atom stereocenters. The molecular formula is C16H27NO15S. The molecule has 0 aliphatic carbocycles. The van der Waals surface area contributed by atoms with Crippen LogP contribution in [0, 0.1) is 0 Å². The van der Waals surface area contributed by atoms with Crippen molar-refractivity contribution in [2.75, 3.05) is 13.2 Å². The van der Waals surface area contributed by atoms with Crippen molar-refractivity contribution in [3.05, 3.63) is 0 Å². The van der Waals surface area contributed by atoms with Gasteiger partial charge in [-0.05, 0) is 0 Å². The van der Waals surface area contributed by atoms with E-state index in [1.807, 2.05) is 0 Å². The third-order valence-corrected chi connectivity index (χ3v) is 5.29. The zero-order chi connectivity index (χ0) is 25.1. The van der Waals surface area contributed by atoms with E-state index >= 15 is 0 Å². The van der Waals surface area contributed by atoms with Gasteiger partial charge in [0.05, 0.1) is 13.2 Å². The molecule has 33 heavy (non-hydrogen) atoms. The third kappa shape index (κ3) is 7.23. The van der Waals surface area contributed by atoms with Gasteiger partial charge in [0.2, 0.25) is 5.91 Å². The van der Waals surface area contributed by atoms with Crippen LogP contribution >= 0.6 is 0 Å². The van der Waals surface area contributed by atoms with Crippen molar-refractivity contribution in [1.29, 1.82) is 0 Å². The second-order valence-electron chi connectivity index (χ2n) is 7.38. The lowest BCUT2D eigenvalue weighted by Gasteiger charge is -2.47. The number of hydrogen-bond donors (Lipinski definition) is 7. The second kappa shape index (κ2) is 11.3. The van der Waals surface area contributed by atoms with E-state index in [0.29, 0.717) is 0 Å². The van der Waals surface area contributed by atoms with Crippen molar-refractivity contribution in [2.45, 2.75) is 75.2 Å². The first-order valence-corrected chi connectivity index (χ1v) is 11.0. The van der Waals surface area contributed by atoms with Crippen molar-refractivity contribution in [3.8, 4) is 0 Å². The molecular weight excluding hydrogens is 478 g/mol. The topological polar surface area (TPSA) is 248 Å². The van der Waals surface area contributed by atoms with Crippen LogP contribution in [0.4, 0.5) is 0 Å². The van der Waals surface area contributed by atoms with E-state index < -0.39 is 96.8 Å². The first kappa shape index (κ1) is 27.7. The fraction of sp³-hybridized carbons (Fsp3) is 0.875. The number of carbonyl (C=O) groups excluding carboxylic acids is 2. The fourth-order valence-corrected chi connectivity index (χ4v) is 3.73. The Hall–Kier alpha value is -1.51. The normalized spacial score (nSPS) is 39.6. The average Bonchev–Trinajstić information content (AvgIpc) is 2.70. The minimum atomic E-state index is -4.98. The van der Waals surface area contributed by atoms with Gasteiger partial charge in [-0.3, -0.25) is 14.1 Å². The van der Waals surface area contributed by atoms with Gasteiger partial charge in [0, 0.05) is 13.8 Å². The molecule has 2 aliphatic rings. The molecule has 0 radical (unpaired) electrons. The summed E-state index contributed by atoms with van der Waals surface area (Å²) in [5.74, 6) is -1.59. The Bertz CT molecular complexity index is 793. The summed E-state index contributed by atoms with van der Waals surface area (Å²) in [5.41, 5.74) is 0. The number of carbonyl (C=O) groups is 2. The van der Waals surface area contributed by atoms with Crippen LogP contribution in [-0.2, 0) is 43.1 Å². The van der Waals surface area contributed by atoms with Gasteiger partial charge in [-0.25, -0.2) is 4.18 Å². The highest BCUT2D eigenvalue weighted by Gasteiger charge is 2.52. The van der Waals surface area contributed by atoms with E-state index in [9.17, 15) is 43.5 Å². The Balaban J connectivity index is 2.35. The Morgan fingerprint density at radius 1 is 0.970 bits per heavy atom. The quantitative estimate of drug-likeness (QED) is 0.121. The largest absolute Gasteiger partial charge is 0.454 e. The van der Waals surface area contributed by atoms with E-state index in [2.05, 4.69) is 9.50 Å².